The molecular weight excluding hydrogens is 254 g/mol. The van der Waals surface area contributed by atoms with Crippen LogP contribution in [0.3, 0.4) is 0 Å². The molecule has 4 rings (SSSR count). The average Bonchev–Trinajstić information content (AvgIpc) is 3.02. The summed E-state index contributed by atoms with van der Waals surface area (Å²) in [6, 6.07) is 0. The molecule has 6 nitrogen and oxygen atoms in total. The molecule has 0 spiro atoms. The number of ether oxygens (including phenoxy) is 1. The highest BCUT2D eigenvalue weighted by Gasteiger charge is 2.41. The summed E-state index contributed by atoms with van der Waals surface area (Å²) >= 11 is 0. The van der Waals surface area contributed by atoms with Crippen molar-refractivity contribution in [2.75, 3.05) is 6.61 Å². The molecule has 6 heteroatoms. The van der Waals surface area contributed by atoms with Crippen LogP contribution in [0.2, 0.25) is 0 Å². The standard InChI is InChI=1S/C14H21N5O/c1-14(7-10-2-3-11(6-10)8-14)9-20-13-5-4-12-15-17-18-19(12)16-13/h4-5,10-11,17-18H,2-3,6-9H2,1H3/t10-,11?,14?/m0/s1. The highest BCUT2D eigenvalue weighted by atomic mass is 16.5. The van der Waals surface area contributed by atoms with Gasteiger partial charge in [0.1, 0.15) is 0 Å². The summed E-state index contributed by atoms with van der Waals surface area (Å²) in [5, 5.41) is 9.95. The Morgan fingerprint density at radius 2 is 2.15 bits per heavy atom. The molecule has 0 saturated heterocycles. The third-order valence-corrected chi connectivity index (χ3v) is 4.90. The molecule has 2 aliphatic carbocycles. The topological polar surface area (TPSA) is 61.2 Å². The maximum atomic E-state index is 5.96. The second-order valence-electron chi connectivity index (χ2n) is 6.83. The summed E-state index contributed by atoms with van der Waals surface area (Å²) in [4.78, 5) is 0. The van der Waals surface area contributed by atoms with Gasteiger partial charge in [0.2, 0.25) is 5.90 Å². The van der Waals surface area contributed by atoms with E-state index in [4.69, 9.17) is 4.74 Å². The quantitative estimate of drug-likeness (QED) is 0.806. The molecule has 4 aliphatic rings. The van der Waals surface area contributed by atoms with Crippen molar-refractivity contribution in [1.82, 2.24) is 16.2 Å². The van der Waals surface area contributed by atoms with Crippen LogP contribution < -0.4 is 11.1 Å². The fourth-order valence-corrected chi connectivity index (χ4v) is 4.17. The molecule has 20 heavy (non-hydrogen) atoms. The fraction of sp³-hybridized carbons (Fsp3) is 0.714. The van der Waals surface area contributed by atoms with Gasteiger partial charge in [0.25, 0.3) is 0 Å². The van der Waals surface area contributed by atoms with E-state index in [-0.39, 0.29) is 0 Å². The summed E-state index contributed by atoms with van der Waals surface area (Å²) in [6.07, 6.45) is 10.7. The predicted octanol–water partition coefficient (Wildman–Crippen LogP) is 1.74. The lowest BCUT2D eigenvalue weighted by Crippen LogP contribution is -2.39. The highest BCUT2D eigenvalue weighted by molar-refractivity contribution is 6.03. The second-order valence-corrected chi connectivity index (χ2v) is 6.83. The third-order valence-electron chi connectivity index (χ3n) is 4.90. The number of hydrazone groups is 2. The normalized spacial score (nSPS) is 38.1. The Kier molecular flexibility index (Phi) is 2.73. The Balaban J connectivity index is 1.39. The smallest absolute Gasteiger partial charge is 0.233 e. The molecule has 2 saturated carbocycles. The first kappa shape index (κ1) is 12.2. The fourth-order valence-electron chi connectivity index (χ4n) is 4.17. The summed E-state index contributed by atoms with van der Waals surface area (Å²) in [6.45, 7) is 3.13. The van der Waals surface area contributed by atoms with Gasteiger partial charge in [-0.2, -0.15) is 5.12 Å². The number of amidine groups is 1. The van der Waals surface area contributed by atoms with Gasteiger partial charge in [0.15, 0.2) is 5.84 Å². The highest BCUT2D eigenvalue weighted by Crippen LogP contribution is 2.50. The van der Waals surface area contributed by atoms with Crippen LogP contribution in [0.4, 0.5) is 0 Å². The maximum absolute atomic E-state index is 5.96. The van der Waals surface area contributed by atoms with Gasteiger partial charge in [-0.25, -0.2) is 5.53 Å². The van der Waals surface area contributed by atoms with Gasteiger partial charge in [-0.1, -0.05) is 19.8 Å². The largest absolute Gasteiger partial charge is 0.476 e. The zero-order chi connectivity index (χ0) is 13.6. The van der Waals surface area contributed by atoms with Gasteiger partial charge in [-0.15, -0.1) is 15.7 Å². The van der Waals surface area contributed by atoms with Crippen molar-refractivity contribution < 1.29 is 4.74 Å². The van der Waals surface area contributed by atoms with Crippen LogP contribution in [-0.4, -0.2) is 23.5 Å². The first-order chi connectivity index (χ1) is 9.70. The predicted molar refractivity (Wildman–Crippen MR) is 76.2 cm³/mol. The molecule has 2 N–H and O–H groups in total. The number of fused-ring (bicyclic) bond motifs is 3. The number of hydrogen-bond acceptors (Lipinski definition) is 6. The Bertz CT molecular complexity index is 486. The van der Waals surface area contributed by atoms with E-state index in [0.29, 0.717) is 11.3 Å². The van der Waals surface area contributed by atoms with Crippen molar-refractivity contribution in [2.45, 2.75) is 39.0 Å². The molecule has 0 aromatic rings. The van der Waals surface area contributed by atoms with Crippen molar-refractivity contribution in [3.05, 3.63) is 12.2 Å². The zero-order valence-electron chi connectivity index (χ0n) is 11.8. The van der Waals surface area contributed by atoms with Crippen molar-refractivity contribution in [2.24, 2.45) is 27.5 Å². The van der Waals surface area contributed by atoms with Crippen LogP contribution in [0, 0.1) is 17.3 Å². The van der Waals surface area contributed by atoms with E-state index in [1.165, 1.54) is 32.1 Å². The lowest BCUT2D eigenvalue weighted by atomic mass is 9.71. The van der Waals surface area contributed by atoms with Crippen molar-refractivity contribution in [3.63, 3.8) is 0 Å². The SMILES string of the molecule is CC1(COC2=NN3NNN=C3C=C2)CC2CC[C@@H](C2)C1. The van der Waals surface area contributed by atoms with E-state index in [1.807, 2.05) is 12.2 Å². The van der Waals surface area contributed by atoms with E-state index >= 15 is 0 Å². The van der Waals surface area contributed by atoms with Crippen LogP contribution in [0.25, 0.3) is 0 Å². The molecule has 2 bridgehead atoms. The lowest BCUT2D eigenvalue weighted by molar-refractivity contribution is 0.0741. The Morgan fingerprint density at radius 3 is 2.95 bits per heavy atom. The minimum atomic E-state index is 0.311. The van der Waals surface area contributed by atoms with Crippen LogP contribution in [0.5, 0.6) is 0 Å². The van der Waals surface area contributed by atoms with Crippen LogP contribution in [0.1, 0.15) is 39.0 Å². The van der Waals surface area contributed by atoms with Gasteiger partial charge >= 0.3 is 0 Å². The minimum Gasteiger partial charge on any atom is -0.476 e. The third kappa shape index (κ3) is 2.18. The van der Waals surface area contributed by atoms with Crippen molar-refractivity contribution in [1.29, 1.82) is 0 Å². The van der Waals surface area contributed by atoms with Gasteiger partial charge in [-0.3, -0.25) is 0 Å². The van der Waals surface area contributed by atoms with E-state index in [9.17, 15) is 0 Å². The average molecular weight is 275 g/mol. The monoisotopic (exact) mass is 275 g/mol. The lowest BCUT2D eigenvalue weighted by Gasteiger charge is -2.37. The van der Waals surface area contributed by atoms with Crippen molar-refractivity contribution >= 4 is 11.7 Å². The maximum Gasteiger partial charge on any atom is 0.233 e. The van der Waals surface area contributed by atoms with Gasteiger partial charge in [0.05, 0.1) is 6.61 Å². The molecule has 0 aromatic heterocycles. The van der Waals surface area contributed by atoms with Crippen LogP contribution in [0.15, 0.2) is 22.4 Å². The van der Waals surface area contributed by atoms with E-state index in [0.717, 1.165) is 24.3 Å². The Hall–Kier alpha value is -1.56. The molecule has 0 aromatic carbocycles. The zero-order valence-corrected chi connectivity index (χ0v) is 11.8. The van der Waals surface area contributed by atoms with E-state index in [2.05, 4.69) is 28.2 Å². The van der Waals surface area contributed by atoms with Gasteiger partial charge in [-0.05, 0) is 37.2 Å². The van der Waals surface area contributed by atoms with E-state index < -0.39 is 0 Å². The molecule has 3 atom stereocenters. The number of nitrogens with zero attached hydrogens (tertiary/aromatic N) is 3. The number of rotatable bonds is 2. The first-order valence-electron chi connectivity index (χ1n) is 7.48. The summed E-state index contributed by atoms with van der Waals surface area (Å²) < 4.78 is 5.96. The van der Waals surface area contributed by atoms with Crippen molar-refractivity contribution in [3.8, 4) is 0 Å². The number of nitrogens with one attached hydrogen (secondary N) is 2. The number of hydrazine groups is 2. The molecule has 0 radical (unpaired) electrons. The van der Waals surface area contributed by atoms with Crippen LogP contribution in [-0.2, 0) is 4.74 Å². The van der Waals surface area contributed by atoms with Crippen LogP contribution >= 0.6 is 0 Å². The molecule has 0 amide bonds. The minimum absolute atomic E-state index is 0.311. The van der Waals surface area contributed by atoms with E-state index in [1.54, 1.807) is 5.12 Å². The van der Waals surface area contributed by atoms with Gasteiger partial charge in [0, 0.05) is 11.5 Å². The molecule has 2 heterocycles. The van der Waals surface area contributed by atoms with Gasteiger partial charge < -0.3 is 4.74 Å². The Labute approximate surface area is 118 Å². The summed E-state index contributed by atoms with van der Waals surface area (Å²) in [7, 11) is 0. The molecule has 108 valence electrons. The second kappa shape index (κ2) is 4.48. The molecule has 2 fully saturated rings. The molecule has 2 unspecified atom stereocenters. The Morgan fingerprint density at radius 1 is 1.35 bits per heavy atom. The summed E-state index contributed by atoms with van der Waals surface area (Å²) in [5.41, 5.74) is 5.80. The first-order valence-corrected chi connectivity index (χ1v) is 7.48. The molecule has 2 aliphatic heterocycles. The molecular formula is C14H21N5O. The summed E-state index contributed by atoms with van der Waals surface area (Å²) in [5.74, 6) is 3.25. The number of hydrogen-bond donors (Lipinski definition) is 2.